The minimum atomic E-state index is -4.69. The first-order valence-corrected chi connectivity index (χ1v) is 4.07. The van der Waals surface area contributed by atoms with E-state index < -0.39 is 6.36 Å². The molecule has 5 nitrogen and oxygen atoms in total. The normalized spacial score (nSPS) is 11.4. The van der Waals surface area contributed by atoms with Gasteiger partial charge in [-0.15, -0.1) is 28.2 Å². The van der Waals surface area contributed by atoms with Gasteiger partial charge in [-0.25, -0.2) is 0 Å². The van der Waals surface area contributed by atoms with Crippen molar-refractivity contribution in [1.29, 1.82) is 0 Å². The maximum atomic E-state index is 11.8. The molecule has 0 saturated carbocycles. The van der Waals surface area contributed by atoms with Gasteiger partial charge in [0, 0.05) is 0 Å². The average Bonchev–Trinajstić information content (AvgIpc) is 2.69. The molecule has 0 amide bonds. The fourth-order valence-corrected chi connectivity index (χ4v) is 1.04. The van der Waals surface area contributed by atoms with Crippen LogP contribution in [0.15, 0.2) is 24.3 Å². The van der Waals surface area contributed by atoms with Gasteiger partial charge < -0.3 is 4.74 Å². The molecule has 1 heterocycles. The lowest BCUT2D eigenvalue weighted by atomic mass is 10.3. The second-order valence-corrected chi connectivity index (χ2v) is 2.72. The van der Waals surface area contributed by atoms with Crippen molar-refractivity contribution in [3.8, 4) is 11.4 Å². The molecule has 0 unspecified atom stereocenters. The predicted octanol–water partition coefficient (Wildman–Crippen LogP) is 1.36. The van der Waals surface area contributed by atoms with Crippen LogP contribution in [-0.4, -0.2) is 26.6 Å². The van der Waals surface area contributed by atoms with Crippen LogP contribution in [0.1, 0.15) is 0 Å². The van der Waals surface area contributed by atoms with Crippen LogP contribution in [0.4, 0.5) is 13.2 Å². The van der Waals surface area contributed by atoms with Crippen LogP contribution in [0.3, 0.4) is 0 Å². The second kappa shape index (κ2) is 3.80. The standard InChI is InChI=1S/C8H4F3N4O/c9-8(10,11)16-7-3-1-6(2-4-7)15-13-5-12-14-15/h1-4H. The number of nitrogens with zero attached hydrogens (tertiary/aromatic N) is 4. The lowest BCUT2D eigenvalue weighted by molar-refractivity contribution is -0.274. The molecule has 2 rings (SSSR count). The van der Waals surface area contributed by atoms with Gasteiger partial charge >= 0.3 is 6.36 Å². The summed E-state index contributed by atoms with van der Waals surface area (Å²) in [5, 5.41) is 10.5. The van der Waals surface area contributed by atoms with E-state index in [-0.39, 0.29) is 5.75 Å². The molecule has 0 spiro atoms. The first kappa shape index (κ1) is 10.4. The van der Waals surface area contributed by atoms with Crippen LogP contribution in [0.25, 0.3) is 5.69 Å². The smallest absolute Gasteiger partial charge is 0.406 e. The van der Waals surface area contributed by atoms with Crippen molar-refractivity contribution in [2.75, 3.05) is 0 Å². The molecular weight excluding hydrogens is 225 g/mol. The van der Waals surface area contributed by atoms with Crippen LogP contribution in [0.5, 0.6) is 5.75 Å². The largest absolute Gasteiger partial charge is 0.573 e. The number of hydrogen-bond donors (Lipinski definition) is 0. The summed E-state index contributed by atoms with van der Waals surface area (Å²) in [7, 11) is 0. The Hall–Kier alpha value is -2.12. The number of benzene rings is 1. The number of ether oxygens (including phenoxy) is 1. The average molecular weight is 229 g/mol. The van der Waals surface area contributed by atoms with E-state index in [2.05, 4.69) is 26.5 Å². The van der Waals surface area contributed by atoms with E-state index in [1.807, 2.05) is 0 Å². The van der Waals surface area contributed by atoms with E-state index >= 15 is 0 Å². The quantitative estimate of drug-likeness (QED) is 0.780. The van der Waals surface area contributed by atoms with Gasteiger partial charge in [-0.05, 0) is 29.5 Å². The van der Waals surface area contributed by atoms with Crippen molar-refractivity contribution >= 4 is 0 Å². The summed E-state index contributed by atoms with van der Waals surface area (Å²) in [5.74, 6) is -0.305. The maximum Gasteiger partial charge on any atom is 0.573 e. The third-order valence-electron chi connectivity index (χ3n) is 1.61. The fraction of sp³-hybridized carbons (Fsp3) is 0.125. The zero-order chi connectivity index (χ0) is 11.6. The molecule has 0 aliphatic rings. The molecule has 1 radical (unpaired) electrons. The Balaban J connectivity index is 2.17. The molecule has 0 saturated heterocycles. The fourth-order valence-electron chi connectivity index (χ4n) is 1.04. The van der Waals surface area contributed by atoms with E-state index in [9.17, 15) is 13.2 Å². The molecule has 0 N–H and O–H groups in total. The van der Waals surface area contributed by atoms with Crippen LogP contribution in [-0.2, 0) is 0 Å². The van der Waals surface area contributed by atoms with Crippen LogP contribution in [0, 0.1) is 6.33 Å². The van der Waals surface area contributed by atoms with Gasteiger partial charge in [-0.2, -0.15) is 0 Å². The van der Waals surface area contributed by atoms with Gasteiger partial charge in [0.25, 0.3) is 0 Å². The Morgan fingerprint density at radius 1 is 1.19 bits per heavy atom. The molecule has 0 bridgehead atoms. The van der Waals surface area contributed by atoms with Gasteiger partial charge in [-0.1, -0.05) is 0 Å². The highest BCUT2D eigenvalue weighted by atomic mass is 19.4. The zero-order valence-electron chi connectivity index (χ0n) is 7.64. The Labute approximate surface area is 87.4 Å². The molecular formula is C8H4F3N4O. The highest BCUT2D eigenvalue weighted by molar-refractivity contribution is 5.35. The summed E-state index contributed by atoms with van der Waals surface area (Å²) in [6.07, 6.45) is -2.47. The van der Waals surface area contributed by atoms with E-state index in [4.69, 9.17) is 0 Å². The molecule has 1 aromatic carbocycles. The molecule has 0 atom stereocenters. The molecule has 0 aliphatic carbocycles. The molecule has 0 fully saturated rings. The Kier molecular flexibility index (Phi) is 2.47. The molecule has 0 aliphatic heterocycles. The Bertz CT molecular complexity index is 451. The highest BCUT2D eigenvalue weighted by Crippen LogP contribution is 2.23. The molecule has 16 heavy (non-hydrogen) atoms. The Morgan fingerprint density at radius 3 is 2.38 bits per heavy atom. The van der Waals surface area contributed by atoms with Crippen molar-refractivity contribution in [3.05, 3.63) is 30.6 Å². The number of aromatic nitrogens is 4. The van der Waals surface area contributed by atoms with E-state index in [0.717, 1.165) is 16.9 Å². The first-order chi connectivity index (χ1) is 7.54. The van der Waals surface area contributed by atoms with E-state index in [1.54, 1.807) is 0 Å². The molecule has 2 aromatic rings. The number of rotatable bonds is 2. The van der Waals surface area contributed by atoms with E-state index in [0.29, 0.717) is 5.69 Å². The topological polar surface area (TPSA) is 52.8 Å². The van der Waals surface area contributed by atoms with Gasteiger partial charge in [0.2, 0.25) is 6.33 Å². The minimum Gasteiger partial charge on any atom is -0.406 e. The van der Waals surface area contributed by atoms with Gasteiger partial charge in [0.1, 0.15) is 5.75 Å². The molecule has 8 heteroatoms. The number of halogens is 3. The molecule has 83 valence electrons. The van der Waals surface area contributed by atoms with Crippen molar-refractivity contribution in [2.45, 2.75) is 6.36 Å². The van der Waals surface area contributed by atoms with Gasteiger partial charge in [-0.3, -0.25) is 0 Å². The molecule has 1 aromatic heterocycles. The van der Waals surface area contributed by atoms with Crippen molar-refractivity contribution in [1.82, 2.24) is 20.2 Å². The summed E-state index contributed by atoms with van der Waals surface area (Å²) in [6, 6.07) is 5.06. The van der Waals surface area contributed by atoms with Crippen LogP contribution < -0.4 is 4.74 Å². The minimum absolute atomic E-state index is 0.305. The summed E-state index contributed by atoms with van der Waals surface area (Å²) in [4.78, 5) is 1.12. The predicted molar refractivity (Wildman–Crippen MR) is 44.7 cm³/mol. The van der Waals surface area contributed by atoms with Crippen molar-refractivity contribution < 1.29 is 17.9 Å². The lowest BCUT2D eigenvalue weighted by Crippen LogP contribution is -2.17. The summed E-state index contributed by atoms with van der Waals surface area (Å²) in [6.45, 7) is 0. The van der Waals surface area contributed by atoms with Crippen LogP contribution >= 0.6 is 0 Å². The third kappa shape index (κ3) is 2.47. The zero-order valence-corrected chi connectivity index (χ0v) is 7.64. The summed E-state index contributed by atoms with van der Waals surface area (Å²) < 4.78 is 39.2. The van der Waals surface area contributed by atoms with Gasteiger partial charge in [0.15, 0.2) is 0 Å². The maximum absolute atomic E-state index is 11.8. The van der Waals surface area contributed by atoms with E-state index in [1.165, 1.54) is 12.1 Å². The first-order valence-electron chi connectivity index (χ1n) is 4.07. The summed E-state index contributed by atoms with van der Waals surface area (Å²) in [5.41, 5.74) is 0.461. The third-order valence-corrected chi connectivity index (χ3v) is 1.61. The number of hydrogen-bond acceptors (Lipinski definition) is 4. The lowest BCUT2D eigenvalue weighted by Gasteiger charge is -2.08. The SMILES string of the molecule is FC(F)(F)Oc1ccc(-n2n[c]nn2)cc1. The monoisotopic (exact) mass is 229 g/mol. The summed E-state index contributed by atoms with van der Waals surface area (Å²) >= 11 is 0. The van der Waals surface area contributed by atoms with Crippen molar-refractivity contribution in [3.63, 3.8) is 0 Å². The number of tetrazole rings is 1. The van der Waals surface area contributed by atoms with Crippen molar-refractivity contribution in [2.24, 2.45) is 0 Å². The second-order valence-electron chi connectivity index (χ2n) is 2.72. The highest BCUT2D eigenvalue weighted by Gasteiger charge is 2.30. The van der Waals surface area contributed by atoms with Crippen LogP contribution in [0.2, 0.25) is 0 Å². The number of alkyl halides is 3. The Morgan fingerprint density at radius 2 is 1.88 bits per heavy atom. The van der Waals surface area contributed by atoms with Gasteiger partial charge in [0.05, 0.1) is 5.69 Å².